The fraction of sp³-hybridized carbons (Fsp3) is 0.111. The summed E-state index contributed by atoms with van der Waals surface area (Å²) >= 11 is 1.27. The van der Waals surface area contributed by atoms with Crippen LogP contribution in [0.1, 0.15) is 5.56 Å². The van der Waals surface area contributed by atoms with Crippen molar-refractivity contribution in [1.82, 2.24) is 0 Å². The van der Waals surface area contributed by atoms with Crippen LogP contribution in [0.4, 0.5) is 17.6 Å². The molecule has 28 heavy (non-hydrogen) atoms. The lowest BCUT2D eigenvalue weighted by molar-refractivity contribution is -0.274. The molecule has 10 heteroatoms. The highest BCUT2D eigenvalue weighted by atomic mass is 32.2. The topological polar surface area (TPSA) is 69.4 Å². The van der Waals surface area contributed by atoms with Crippen molar-refractivity contribution in [3.05, 3.63) is 58.5 Å². The lowest BCUT2D eigenvalue weighted by Gasteiger charge is -2.13. The number of benzene rings is 2. The van der Waals surface area contributed by atoms with Crippen molar-refractivity contribution in [3.8, 4) is 28.0 Å². The number of alkyl halides is 3. The number of hydrogen-bond acceptors (Lipinski definition) is 4. The molecule has 4 nitrogen and oxygen atoms in total. The molecule has 0 fully saturated rings. The van der Waals surface area contributed by atoms with Crippen molar-refractivity contribution >= 4 is 21.4 Å². The Kier molecular flexibility index (Phi) is 5.22. The number of rotatable bonds is 4. The number of sulfonamides is 1. The van der Waals surface area contributed by atoms with Gasteiger partial charge in [0.25, 0.3) is 0 Å². The third-order valence-electron chi connectivity index (χ3n) is 3.94. The second kappa shape index (κ2) is 7.19. The van der Waals surface area contributed by atoms with E-state index in [9.17, 15) is 26.0 Å². The molecule has 148 valence electrons. The Labute approximate surface area is 162 Å². The van der Waals surface area contributed by atoms with Gasteiger partial charge in [-0.1, -0.05) is 18.2 Å². The molecule has 1 heterocycles. The molecule has 1 aromatic heterocycles. The van der Waals surface area contributed by atoms with E-state index >= 15 is 0 Å². The first kappa shape index (κ1) is 20.3. The van der Waals surface area contributed by atoms with E-state index in [1.54, 1.807) is 16.8 Å². The molecular weight excluding hydrogens is 418 g/mol. The maximum Gasteiger partial charge on any atom is 0.573 e. The number of nitrogens with two attached hydrogens (primary N) is 1. The minimum atomic E-state index is -4.83. The molecule has 0 spiro atoms. The second-order valence-corrected chi connectivity index (χ2v) is 8.19. The fourth-order valence-corrected chi connectivity index (χ4v) is 4.10. The van der Waals surface area contributed by atoms with Crippen LogP contribution in [0.5, 0.6) is 5.75 Å². The fourth-order valence-electron chi connectivity index (χ4n) is 2.65. The van der Waals surface area contributed by atoms with Crippen molar-refractivity contribution < 1.29 is 30.7 Å². The van der Waals surface area contributed by atoms with Gasteiger partial charge in [-0.3, -0.25) is 0 Å². The summed E-state index contributed by atoms with van der Waals surface area (Å²) in [5.74, 6) is -1.35. The van der Waals surface area contributed by atoms with E-state index in [2.05, 4.69) is 4.74 Å². The van der Waals surface area contributed by atoms with Gasteiger partial charge in [-0.2, -0.15) is 11.3 Å². The Balaban J connectivity index is 2.06. The zero-order chi connectivity index (χ0) is 20.7. The van der Waals surface area contributed by atoms with Crippen molar-refractivity contribution in [1.29, 1.82) is 0 Å². The van der Waals surface area contributed by atoms with Gasteiger partial charge in [0.05, 0.1) is 0 Å². The number of hydrogen-bond donors (Lipinski definition) is 1. The summed E-state index contributed by atoms with van der Waals surface area (Å²) in [6.45, 7) is 1.49. The highest BCUT2D eigenvalue weighted by Crippen LogP contribution is 2.38. The minimum absolute atomic E-state index is 0.307. The number of halogens is 4. The average molecular weight is 431 g/mol. The quantitative estimate of drug-likeness (QED) is 0.586. The molecule has 3 rings (SSSR count). The van der Waals surface area contributed by atoms with E-state index in [4.69, 9.17) is 5.14 Å². The first-order chi connectivity index (χ1) is 13.0. The third-order valence-corrected chi connectivity index (χ3v) is 5.62. The lowest BCUT2D eigenvalue weighted by atomic mass is 9.98. The van der Waals surface area contributed by atoms with E-state index in [1.807, 2.05) is 0 Å². The molecule has 0 atom stereocenters. The van der Waals surface area contributed by atoms with Crippen LogP contribution in [0.2, 0.25) is 0 Å². The van der Waals surface area contributed by atoms with Gasteiger partial charge in [-0.25, -0.2) is 17.9 Å². The average Bonchev–Trinajstić information content (AvgIpc) is 3.04. The van der Waals surface area contributed by atoms with Gasteiger partial charge in [0.1, 0.15) is 16.5 Å². The largest absolute Gasteiger partial charge is 0.573 e. The van der Waals surface area contributed by atoms with E-state index in [0.717, 1.165) is 12.1 Å². The molecule has 0 aliphatic rings. The predicted molar refractivity (Wildman–Crippen MR) is 97.9 cm³/mol. The molecule has 0 amide bonds. The second-order valence-electron chi connectivity index (χ2n) is 5.92. The third kappa shape index (κ3) is 4.34. The van der Waals surface area contributed by atoms with Crippen LogP contribution in [0.15, 0.2) is 52.1 Å². The molecule has 0 aliphatic heterocycles. The van der Waals surface area contributed by atoms with Gasteiger partial charge in [-0.15, -0.1) is 13.2 Å². The first-order valence-electron chi connectivity index (χ1n) is 7.71. The van der Waals surface area contributed by atoms with Crippen LogP contribution in [-0.4, -0.2) is 14.8 Å². The predicted octanol–water partition coefficient (Wildman–Crippen LogP) is 5.08. The maximum absolute atomic E-state index is 14.2. The molecular formula is C18H13F4NO3S2. The zero-order valence-corrected chi connectivity index (χ0v) is 15.9. The van der Waals surface area contributed by atoms with Crippen molar-refractivity contribution in [3.63, 3.8) is 0 Å². The summed E-state index contributed by atoms with van der Waals surface area (Å²) in [6.07, 6.45) is -4.83. The molecule has 0 saturated heterocycles. The molecule has 2 N–H and O–H groups in total. The normalized spacial score (nSPS) is 12.2. The van der Waals surface area contributed by atoms with Crippen LogP contribution < -0.4 is 9.88 Å². The van der Waals surface area contributed by atoms with Crippen LogP contribution in [0.25, 0.3) is 22.3 Å². The monoisotopic (exact) mass is 431 g/mol. The molecule has 0 bridgehead atoms. The van der Waals surface area contributed by atoms with Gasteiger partial charge in [0, 0.05) is 11.1 Å². The van der Waals surface area contributed by atoms with Crippen LogP contribution in [0.3, 0.4) is 0 Å². The summed E-state index contributed by atoms with van der Waals surface area (Å²) in [4.78, 5) is -0.635. The standard InChI is InChI=1S/C18H13F4NO3S2/c1-10-2-3-12(7-16(10)26-18(20,21)22)14-9-27-8-13(14)11-4-5-17(15(19)6-11)28(23,24)25/h2-9H,1H3,(H2,23,24,25). The lowest BCUT2D eigenvalue weighted by Crippen LogP contribution is -2.17. The molecule has 0 unspecified atom stereocenters. The molecule has 0 saturated carbocycles. The van der Waals surface area contributed by atoms with Crippen molar-refractivity contribution in [2.45, 2.75) is 18.2 Å². The SMILES string of the molecule is Cc1ccc(-c2cscc2-c2ccc(S(N)(=O)=O)c(F)c2)cc1OC(F)(F)F. The zero-order valence-electron chi connectivity index (χ0n) is 14.2. The van der Waals surface area contributed by atoms with E-state index in [0.29, 0.717) is 27.8 Å². The summed E-state index contributed by atoms with van der Waals surface area (Å²) in [7, 11) is -4.20. The summed E-state index contributed by atoms with van der Waals surface area (Å²) in [5.41, 5.74) is 2.20. The van der Waals surface area contributed by atoms with Crippen molar-refractivity contribution in [2.75, 3.05) is 0 Å². The van der Waals surface area contributed by atoms with E-state index in [1.165, 1.54) is 36.5 Å². The smallest absolute Gasteiger partial charge is 0.405 e. The Morgan fingerprint density at radius 1 is 1.00 bits per heavy atom. The highest BCUT2D eigenvalue weighted by Gasteiger charge is 2.32. The Morgan fingerprint density at radius 2 is 1.57 bits per heavy atom. The maximum atomic E-state index is 14.2. The van der Waals surface area contributed by atoms with Gasteiger partial charge < -0.3 is 4.74 Å². The number of primary sulfonamides is 1. The summed E-state index contributed by atoms with van der Waals surface area (Å²) in [5, 5.41) is 8.34. The number of aryl methyl sites for hydroxylation is 1. The Bertz CT molecular complexity index is 1140. The number of thiophene rings is 1. The van der Waals surface area contributed by atoms with Crippen LogP contribution in [-0.2, 0) is 10.0 Å². The summed E-state index contributed by atoms with van der Waals surface area (Å²) in [6, 6.07) is 7.82. The van der Waals surface area contributed by atoms with Gasteiger partial charge in [-0.05, 0) is 52.6 Å². The highest BCUT2D eigenvalue weighted by molar-refractivity contribution is 7.89. The Hall–Kier alpha value is -2.43. The molecule has 2 aromatic carbocycles. The van der Waals surface area contributed by atoms with Crippen LogP contribution >= 0.6 is 11.3 Å². The van der Waals surface area contributed by atoms with Crippen molar-refractivity contribution in [2.24, 2.45) is 5.14 Å². The summed E-state index contributed by atoms with van der Waals surface area (Å²) < 4.78 is 78.7. The minimum Gasteiger partial charge on any atom is -0.405 e. The van der Waals surface area contributed by atoms with Crippen LogP contribution in [0, 0.1) is 12.7 Å². The van der Waals surface area contributed by atoms with E-state index < -0.39 is 27.1 Å². The van der Waals surface area contributed by atoms with E-state index in [-0.39, 0.29) is 5.75 Å². The molecule has 0 aliphatic carbocycles. The first-order valence-corrected chi connectivity index (χ1v) is 10.2. The molecule has 0 radical (unpaired) electrons. The van der Waals surface area contributed by atoms with Gasteiger partial charge in [0.2, 0.25) is 10.0 Å². The Morgan fingerprint density at radius 3 is 2.11 bits per heavy atom. The van der Waals surface area contributed by atoms with Gasteiger partial charge >= 0.3 is 6.36 Å². The molecule has 3 aromatic rings. The van der Waals surface area contributed by atoms with Gasteiger partial charge in [0.15, 0.2) is 0 Å². The number of ether oxygens (including phenoxy) is 1.